The molecule has 0 aliphatic heterocycles. The molecule has 0 aromatic heterocycles. The van der Waals surface area contributed by atoms with Crippen LogP contribution in [0.2, 0.25) is 0 Å². The molecule has 0 aliphatic carbocycles. The lowest BCUT2D eigenvalue weighted by Crippen LogP contribution is -2.13. The highest BCUT2D eigenvalue weighted by atomic mass is 32.2. The molecular formula is C10H14N2O3S. The van der Waals surface area contributed by atoms with Gasteiger partial charge in [-0.3, -0.25) is 4.79 Å². The summed E-state index contributed by atoms with van der Waals surface area (Å²) in [6, 6.07) is 3.01. The number of hydrogen-bond acceptors (Lipinski definition) is 6. The number of thioether (sulfide) groups is 1. The van der Waals surface area contributed by atoms with Gasteiger partial charge in [-0.25, -0.2) is 0 Å². The molecule has 1 atom stereocenters. The smallest absolute Gasteiger partial charge is 0.181 e. The van der Waals surface area contributed by atoms with Gasteiger partial charge in [-0.05, 0) is 11.6 Å². The van der Waals surface area contributed by atoms with Crippen molar-refractivity contribution in [3.8, 4) is 5.75 Å². The lowest BCUT2D eigenvalue weighted by molar-refractivity contribution is 0.184. The largest absolute Gasteiger partial charge is 0.506 e. The molecular weight excluding hydrogens is 228 g/mol. The van der Waals surface area contributed by atoms with E-state index < -0.39 is 6.10 Å². The summed E-state index contributed by atoms with van der Waals surface area (Å²) in [4.78, 5) is 11.1. The molecule has 0 heterocycles. The summed E-state index contributed by atoms with van der Waals surface area (Å²) in [5, 5.41) is 22.1. The minimum Gasteiger partial charge on any atom is -0.506 e. The van der Waals surface area contributed by atoms with E-state index in [2.05, 4.69) is 5.32 Å². The van der Waals surface area contributed by atoms with Crippen LogP contribution in [0.3, 0.4) is 0 Å². The molecule has 1 unspecified atom stereocenters. The molecule has 1 aromatic carbocycles. The highest BCUT2D eigenvalue weighted by molar-refractivity contribution is 8.12. The van der Waals surface area contributed by atoms with E-state index in [9.17, 15) is 15.0 Å². The SMILES string of the molecule is CNc1c(O)ccc(C(O)CN)c1SC=O. The van der Waals surface area contributed by atoms with E-state index in [-0.39, 0.29) is 12.3 Å². The van der Waals surface area contributed by atoms with E-state index in [4.69, 9.17) is 5.73 Å². The number of nitrogens with one attached hydrogen (secondary N) is 1. The number of hydrogen-bond donors (Lipinski definition) is 4. The molecule has 88 valence electrons. The zero-order chi connectivity index (χ0) is 12.1. The number of aromatic hydroxyl groups is 1. The zero-order valence-electron chi connectivity index (χ0n) is 8.80. The fourth-order valence-electron chi connectivity index (χ4n) is 1.39. The van der Waals surface area contributed by atoms with Gasteiger partial charge in [-0.15, -0.1) is 0 Å². The Balaban J connectivity index is 3.31. The van der Waals surface area contributed by atoms with E-state index in [1.807, 2.05) is 0 Å². The fourth-order valence-corrected chi connectivity index (χ4v) is 2.16. The third-order valence-electron chi connectivity index (χ3n) is 2.16. The highest BCUT2D eigenvalue weighted by Crippen LogP contribution is 2.38. The van der Waals surface area contributed by atoms with E-state index >= 15 is 0 Å². The number of rotatable bonds is 5. The number of nitrogens with two attached hydrogens (primary N) is 1. The predicted molar refractivity (Wildman–Crippen MR) is 64.3 cm³/mol. The van der Waals surface area contributed by atoms with Gasteiger partial charge in [0.25, 0.3) is 0 Å². The maximum atomic E-state index is 10.6. The Kier molecular flexibility index (Phi) is 4.60. The number of aliphatic hydroxyl groups excluding tert-OH is 1. The second-order valence-corrected chi connectivity index (χ2v) is 3.93. The first-order chi connectivity index (χ1) is 7.65. The molecule has 1 rings (SSSR count). The van der Waals surface area contributed by atoms with Crippen LogP contribution < -0.4 is 11.1 Å². The fraction of sp³-hybridized carbons (Fsp3) is 0.300. The Hall–Kier alpha value is -1.24. The van der Waals surface area contributed by atoms with Gasteiger partial charge in [-0.1, -0.05) is 17.8 Å². The van der Waals surface area contributed by atoms with Crippen LogP contribution in [0.5, 0.6) is 5.75 Å². The number of carbonyl (C=O) groups is 1. The Labute approximate surface area is 97.7 Å². The summed E-state index contributed by atoms with van der Waals surface area (Å²) in [5.74, 6) is 0.0276. The molecule has 0 fully saturated rings. The molecule has 5 nitrogen and oxygen atoms in total. The Bertz CT molecular complexity index is 385. The molecule has 0 aliphatic rings. The molecule has 0 bridgehead atoms. The van der Waals surface area contributed by atoms with Crippen molar-refractivity contribution >= 4 is 23.1 Å². The lowest BCUT2D eigenvalue weighted by Gasteiger charge is -2.16. The van der Waals surface area contributed by atoms with Gasteiger partial charge in [0.1, 0.15) is 5.75 Å². The Morgan fingerprint density at radius 2 is 2.31 bits per heavy atom. The first kappa shape index (κ1) is 12.8. The third-order valence-corrected chi connectivity index (χ3v) is 2.94. The van der Waals surface area contributed by atoms with E-state index in [1.165, 1.54) is 6.07 Å². The topological polar surface area (TPSA) is 95.6 Å². The van der Waals surface area contributed by atoms with Gasteiger partial charge in [0.05, 0.1) is 11.8 Å². The molecule has 0 saturated carbocycles. The van der Waals surface area contributed by atoms with E-state index in [0.29, 0.717) is 21.8 Å². The van der Waals surface area contributed by atoms with Gasteiger partial charge in [0.2, 0.25) is 0 Å². The molecule has 0 radical (unpaired) electrons. The van der Waals surface area contributed by atoms with Crippen LogP contribution in [-0.4, -0.2) is 29.4 Å². The Morgan fingerprint density at radius 3 is 2.81 bits per heavy atom. The van der Waals surface area contributed by atoms with Gasteiger partial charge < -0.3 is 21.3 Å². The number of benzene rings is 1. The molecule has 0 amide bonds. The van der Waals surface area contributed by atoms with Gasteiger partial charge in [0.15, 0.2) is 5.62 Å². The molecule has 16 heavy (non-hydrogen) atoms. The highest BCUT2D eigenvalue weighted by Gasteiger charge is 2.17. The minimum absolute atomic E-state index is 0.0276. The normalized spacial score (nSPS) is 12.2. The Morgan fingerprint density at radius 1 is 1.62 bits per heavy atom. The van der Waals surface area contributed by atoms with Crippen LogP contribution >= 0.6 is 11.8 Å². The first-order valence-corrected chi connectivity index (χ1v) is 5.55. The van der Waals surface area contributed by atoms with Crippen molar-refractivity contribution in [3.05, 3.63) is 17.7 Å². The van der Waals surface area contributed by atoms with Crippen molar-refractivity contribution in [1.29, 1.82) is 0 Å². The second-order valence-electron chi connectivity index (χ2n) is 3.09. The average molecular weight is 242 g/mol. The summed E-state index contributed by atoms with van der Waals surface area (Å²) in [6.07, 6.45) is -0.852. The van der Waals surface area contributed by atoms with Crippen molar-refractivity contribution in [3.63, 3.8) is 0 Å². The minimum atomic E-state index is -0.852. The van der Waals surface area contributed by atoms with Gasteiger partial charge >= 0.3 is 0 Å². The lowest BCUT2D eigenvalue weighted by atomic mass is 10.1. The van der Waals surface area contributed by atoms with E-state index in [0.717, 1.165) is 11.8 Å². The molecule has 0 spiro atoms. The monoisotopic (exact) mass is 242 g/mol. The number of phenolic OH excluding ortho intramolecular Hbond substituents is 1. The summed E-state index contributed by atoms with van der Waals surface area (Å²) in [7, 11) is 1.63. The summed E-state index contributed by atoms with van der Waals surface area (Å²) in [6.45, 7) is 0.0559. The number of phenols is 1. The third kappa shape index (κ3) is 2.46. The van der Waals surface area contributed by atoms with Crippen LogP contribution in [0.1, 0.15) is 11.7 Å². The maximum Gasteiger partial charge on any atom is 0.181 e. The second kappa shape index (κ2) is 5.74. The summed E-state index contributed by atoms with van der Waals surface area (Å²) < 4.78 is 0. The average Bonchev–Trinajstić information content (AvgIpc) is 2.29. The number of aliphatic hydroxyl groups is 1. The van der Waals surface area contributed by atoms with Crippen molar-refractivity contribution in [2.45, 2.75) is 11.0 Å². The number of carbonyl (C=O) groups excluding carboxylic acids is 1. The summed E-state index contributed by atoms with van der Waals surface area (Å²) >= 11 is 0.892. The van der Waals surface area contributed by atoms with Gasteiger partial charge in [0, 0.05) is 18.5 Å². The van der Waals surface area contributed by atoms with Crippen molar-refractivity contribution in [2.75, 3.05) is 18.9 Å². The van der Waals surface area contributed by atoms with Crippen LogP contribution in [-0.2, 0) is 4.79 Å². The molecule has 0 saturated heterocycles. The first-order valence-electron chi connectivity index (χ1n) is 4.67. The van der Waals surface area contributed by atoms with Crippen molar-refractivity contribution < 1.29 is 15.0 Å². The molecule has 6 heteroatoms. The standard InChI is InChI=1S/C10H14N2O3S/c1-12-9-7(14)3-2-6(8(15)4-11)10(9)16-5-13/h2-3,5,8,12,14-15H,4,11H2,1H3. The van der Waals surface area contributed by atoms with Crippen LogP contribution in [0, 0.1) is 0 Å². The van der Waals surface area contributed by atoms with Crippen LogP contribution in [0.25, 0.3) is 0 Å². The van der Waals surface area contributed by atoms with Crippen molar-refractivity contribution in [2.24, 2.45) is 5.73 Å². The summed E-state index contributed by atoms with van der Waals surface area (Å²) in [5.41, 5.74) is 6.96. The molecule has 1 aromatic rings. The van der Waals surface area contributed by atoms with Gasteiger partial charge in [-0.2, -0.15) is 0 Å². The van der Waals surface area contributed by atoms with Crippen LogP contribution in [0.15, 0.2) is 17.0 Å². The number of anilines is 1. The molecule has 5 N–H and O–H groups in total. The van der Waals surface area contributed by atoms with Crippen molar-refractivity contribution in [1.82, 2.24) is 0 Å². The quantitative estimate of drug-likeness (QED) is 0.345. The van der Waals surface area contributed by atoms with E-state index in [1.54, 1.807) is 13.1 Å². The predicted octanol–water partition coefficient (Wildman–Crippen LogP) is 0.708. The van der Waals surface area contributed by atoms with Crippen LogP contribution in [0.4, 0.5) is 5.69 Å². The maximum absolute atomic E-state index is 10.6. The zero-order valence-corrected chi connectivity index (χ0v) is 9.62.